The van der Waals surface area contributed by atoms with Gasteiger partial charge in [-0.15, -0.1) is 0 Å². The van der Waals surface area contributed by atoms with Gasteiger partial charge in [0.15, 0.2) is 6.29 Å². The van der Waals surface area contributed by atoms with Gasteiger partial charge in [0, 0.05) is 36.5 Å². The van der Waals surface area contributed by atoms with Gasteiger partial charge < -0.3 is 20.8 Å². The Bertz CT molecular complexity index is 916. The number of amides is 1. The van der Waals surface area contributed by atoms with Crippen molar-refractivity contribution in [1.82, 2.24) is 8.87 Å². The fourth-order valence-corrected chi connectivity index (χ4v) is 3.52. The highest BCUT2D eigenvalue weighted by Gasteiger charge is 2.29. The minimum absolute atomic E-state index is 0.0212. The number of likely N-dealkylation sites (tertiary alicyclic amines) is 1. The van der Waals surface area contributed by atoms with Gasteiger partial charge in [-0.3, -0.25) is 4.79 Å². The van der Waals surface area contributed by atoms with E-state index in [9.17, 15) is 23.4 Å². The number of rotatable bonds is 4. The highest BCUT2D eigenvalue weighted by atomic mass is 32.2. The zero-order chi connectivity index (χ0) is 18.4. The molecule has 1 aliphatic heterocycles. The van der Waals surface area contributed by atoms with Crippen LogP contribution in [0, 0.1) is 0 Å². The van der Waals surface area contributed by atoms with Crippen LogP contribution in [0.4, 0.5) is 0 Å². The average molecular weight is 366 g/mol. The molecule has 0 unspecified atom stereocenters. The third-order valence-electron chi connectivity index (χ3n) is 4.03. The number of benzene rings is 1. The van der Waals surface area contributed by atoms with E-state index in [1.807, 2.05) is 0 Å². The van der Waals surface area contributed by atoms with E-state index >= 15 is 0 Å². The number of carbonyl (C=O) groups is 1. The molecule has 1 aliphatic rings. The molecule has 0 saturated carbocycles. The second kappa shape index (κ2) is 6.24. The van der Waals surface area contributed by atoms with E-state index in [2.05, 4.69) is 0 Å². The second-order valence-electron chi connectivity index (χ2n) is 5.88. The molecule has 0 atom stereocenters. The van der Waals surface area contributed by atoms with Crippen LogP contribution < -0.4 is 10.9 Å². The van der Waals surface area contributed by atoms with E-state index in [-0.39, 0.29) is 23.2 Å². The minimum Gasteiger partial charge on any atom is -0.363 e. The molecule has 9 nitrogen and oxygen atoms in total. The van der Waals surface area contributed by atoms with Gasteiger partial charge in [-0.1, -0.05) is 12.1 Å². The lowest BCUT2D eigenvalue weighted by Crippen LogP contribution is -2.57. The number of aliphatic hydroxyl groups excluding tert-OH is 1. The lowest BCUT2D eigenvalue weighted by atomic mass is 10.0. The maximum Gasteiger partial charge on any atom is 0.302 e. The Morgan fingerprint density at radius 2 is 1.92 bits per heavy atom. The molecule has 1 fully saturated rings. The normalized spacial score (nSPS) is 15.5. The van der Waals surface area contributed by atoms with E-state index in [0.717, 1.165) is 6.20 Å². The van der Waals surface area contributed by atoms with Crippen molar-refractivity contribution >= 4 is 16.1 Å². The van der Waals surface area contributed by atoms with Gasteiger partial charge in [-0.2, -0.15) is 8.42 Å². The lowest BCUT2D eigenvalue weighted by Gasteiger charge is -2.36. The SMILES string of the molecule is NC1CN(C(=O)c2cccc(-c3ccn(S(N)(=O)=O)c3C(O)O)c2)C1. The molecule has 0 bridgehead atoms. The standard InChI is InChI=1S/C15H18N4O5S/c16-11-7-18(8-11)14(20)10-3-1-2-9(6-10)12-4-5-19(25(17,23)24)13(12)15(21)22/h1-6,11,15,21-22H,7-8,16H2,(H2,17,23,24). The molecule has 1 saturated heterocycles. The second-order valence-corrected chi connectivity index (χ2v) is 7.30. The summed E-state index contributed by atoms with van der Waals surface area (Å²) in [4.78, 5) is 14.0. The molecule has 1 aromatic heterocycles. The molecule has 0 aliphatic carbocycles. The van der Waals surface area contributed by atoms with Crippen LogP contribution >= 0.6 is 0 Å². The predicted octanol–water partition coefficient (Wildman–Crippen LogP) is -1.03. The average Bonchev–Trinajstić information content (AvgIpc) is 2.97. The summed E-state index contributed by atoms with van der Waals surface area (Å²) in [7, 11) is -4.20. The molecule has 134 valence electrons. The van der Waals surface area contributed by atoms with Crippen molar-refractivity contribution in [1.29, 1.82) is 0 Å². The summed E-state index contributed by atoms with van der Waals surface area (Å²) in [5.41, 5.74) is 6.49. The van der Waals surface area contributed by atoms with Gasteiger partial charge in [0.25, 0.3) is 5.91 Å². The van der Waals surface area contributed by atoms with E-state index in [1.54, 1.807) is 29.2 Å². The largest absolute Gasteiger partial charge is 0.363 e. The smallest absolute Gasteiger partial charge is 0.302 e. The third kappa shape index (κ3) is 3.30. The maximum absolute atomic E-state index is 12.4. The number of hydrogen-bond acceptors (Lipinski definition) is 6. The first kappa shape index (κ1) is 17.6. The number of nitrogens with two attached hydrogens (primary N) is 2. The summed E-state index contributed by atoms with van der Waals surface area (Å²) in [6.45, 7) is 0.955. The molecule has 6 N–H and O–H groups in total. The van der Waals surface area contributed by atoms with E-state index in [1.165, 1.54) is 6.07 Å². The summed E-state index contributed by atoms with van der Waals surface area (Å²) < 4.78 is 23.8. The topological polar surface area (TPSA) is 152 Å². The highest BCUT2D eigenvalue weighted by molar-refractivity contribution is 7.87. The zero-order valence-corrected chi connectivity index (χ0v) is 13.9. The van der Waals surface area contributed by atoms with Gasteiger partial charge in [0.1, 0.15) is 0 Å². The summed E-state index contributed by atoms with van der Waals surface area (Å²) in [6.07, 6.45) is -0.932. The Kier molecular flexibility index (Phi) is 4.39. The first-order valence-electron chi connectivity index (χ1n) is 7.44. The van der Waals surface area contributed by atoms with Crippen LogP contribution in [-0.2, 0) is 10.2 Å². The Morgan fingerprint density at radius 1 is 1.24 bits per heavy atom. The molecule has 0 radical (unpaired) electrons. The molecular formula is C15H18N4O5S. The molecule has 0 spiro atoms. The van der Waals surface area contributed by atoms with Crippen LogP contribution in [0.1, 0.15) is 22.3 Å². The minimum atomic E-state index is -4.20. The number of carbonyl (C=O) groups excluding carboxylic acids is 1. The number of hydrogen-bond donors (Lipinski definition) is 4. The van der Waals surface area contributed by atoms with Gasteiger partial charge in [-0.05, 0) is 23.8 Å². The maximum atomic E-state index is 12.4. The van der Waals surface area contributed by atoms with Gasteiger partial charge in [0.05, 0.1) is 5.69 Å². The van der Waals surface area contributed by atoms with E-state index < -0.39 is 16.5 Å². The summed E-state index contributed by atoms with van der Waals surface area (Å²) in [5, 5.41) is 24.2. The lowest BCUT2D eigenvalue weighted by molar-refractivity contribution is -0.0458. The van der Waals surface area contributed by atoms with Crippen molar-refractivity contribution in [3.63, 3.8) is 0 Å². The molecule has 25 heavy (non-hydrogen) atoms. The molecule has 3 rings (SSSR count). The quantitative estimate of drug-likeness (QED) is 0.508. The van der Waals surface area contributed by atoms with Crippen LogP contribution in [0.5, 0.6) is 0 Å². The fraction of sp³-hybridized carbons (Fsp3) is 0.267. The van der Waals surface area contributed by atoms with E-state index in [0.29, 0.717) is 28.2 Å². The van der Waals surface area contributed by atoms with Gasteiger partial charge in [0.2, 0.25) is 0 Å². The van der Waals surface area contributed by atoms with Crippen molar-refractivity contribution < 1.29 is 23.4 Å². The molecule has 2 heterocycles. The third-order valence-corrected chi connectivity index (χ3v) is 4.89. The zero-order valence-electron chi connectivity index (χ0n) is 13.1. The van der Waals surface area contributed by atoms with Crippen LogP contribution in [0.25, 0.3) is 11.1 Å². The van der Waals surface area contributed by atoms with Gasteiger partial charge >= 0.3 is 10.2 Å². The summed E-state index contributed by atoms with van der Waals surface area (Å²) in [6, 6.07) is 7.81. The Hall–Kier alpha value is -2.24. The van der Waals surface area contributed by atoms with Crippen molar-refractivity contribution in [3.05, 3.63) is 47.8 Å². The number of aromatic nitrogens is 1. The molecule has 1 amide bonds. The van der Waals surface area contributed by atoms with Crippen LogP contribution in [0.15, 0.2) is 36.5 Å². The molecule has 10 heteroatoms. The fourth-order valence-electron chi connectivity index (χ4n) is 2.83. The first-order valence-corrected chi connectivity index (χ1v) is 8.95. The van der Waals surface area contributed by atoms with Crippen molar-refractivity contribution in [2.24, 2.45) is 10.9 Å². The van der Waals surface area contributed by atoms with Crippen LogP contribution in [-0.4, -0.2) is 52.5 Å². The van der Waals surface area contributed by atoms with Crippen molar-refractivity contribution in [2.75, 3.05) is 13.1 Å². The Labute approximate surface area is 144 Å². The Morgan fingerprint density at radius 3 is 2.48 bits per heavy atom. The molecule has 1 aromatic carbocycles. The highest BCUT2D eigenvalue weighted by Crippen LogP contribution is 2.30. The molecule has 2 aromatic rings. The van der Waals surface area contributed by atoms with Crippen molar-refractivity contribution in [2.45, 2.75) is 12.3 Å². The number of nitrogens with zero attached hydrogens (tertiary/aromatic N) is 2. The van der Waals surface area contributed by atoms with E-state index in [4.69, 9.17) is 10.9 Å². The van der Waals surface area contributed by atoms with Crippen molar-refractivity contribution in [3.8, 4) is 11.1 Å². The summed E-state index contributed by atoms with van der Waals surface area (Å²) in [5.74, 6) is -0.194. The number of aliphatic hydroxyl groups is 2. The molecular weight excluding hydrogens is 348 g/mol. The monoisotopic (exact) mass is 366 g/mol. The predicted molar refractivity (Wildman–Crippen MR) is 89.4 cm³/mol. The first-order chi connectivity index (χ1) is 11.7. The van der Waals surface area contributed by atoms with Crippen LogP contribution in [0.3, 0.4) is 0 Å². The van der Waals surface area contributed by atoms with Gasteiger partial charge in [-0.25, -0.2) is 9.11 Å². The van der Waals surface area contributed by atoms with Crippen LogP contribution in [0.2, 0.25) is 0 Å². The summed E-state index contributed by atoms with van der Waals surface area (Å²) >= 11 is 0. The Balaban J connectivity index is 2.02.